The van der Waals surface area contributed by atoms with Crippen molar-refractivity contribution in [3.05, 3.63) is 21.6 Å². The number of hydrogen-bond acceptors (Lipinski definition) is 6. The van der Waals surface area contributed by atoms with E-state index in [9.17, 15) is 14.9 Å². The van der Waals surface area contributed by atoms with Gasteiger partial charge in [-0.3, -0.25) is 19.8 Å². The lowest BCUT2D eigenvalue weighted by Crippen LogP contribution is -2.47. The number of hydrogen-bond donors (Lipinski definition) is 1. The van der Waals surface area contributed by atoms with E-state index in [1.807, 2.05) is 20.9 Å². The molecule has 1 N–H and O–H groups in total. The molecule has 7 nitrogen and oxygen atoms in total. The lowest BCUT2D eigenvalue weighted by atomic mass is 10.0. The van der Waals surface area contributed by atoms with Crippen LogP contribution in [0, 0.1) is 10.1 Å². The van der Waals surface area contributed by atoms with E-state index in [0.717, 1.165) is 30.9 Å². The maximum absolute atomic E-state index is 11.8. The highest BCUT2D eigenvalue weighted by Gasteiger charge is 2.28. The zero-order valence-corrected chi connectivity index (χ0v) is 14.6. The van der Waals surface area contributed by atoms with Gasteiger partial charge in [-0.25, -0.2) is 0 Å². The van der Waals surface area contributed by atoms with Crippen LogP contribution < -0.4 is 10.2 Å². The predicted molar refractivity (Wildman–Crippen MR) is 92.1 cm³/mol. The third kappa shape index (κ3) is 4.65. The molecule has 2 rings (SSSR count). The summed E-state index contributed by atoms with van der Waals surface area (Å²) in [6.07, 6.45) is 1.81. The molecule has 0 aliphatic carbocycles. The number of nitrogens with zero attached hydrogens (tertiary/aromatic N) is 3. The first-order chi connectivity index (χ1) is 10.9. The second-order valence-electron chi connectivity index (χ2n) is 6.22. The van der Waals surface area contributed by atoms with Crippen molar-refractivity contribution in [3.8, 4) is 0 Å². The van der Waals surface area contributed by atoms with E-state index in [1.54, 1.807) is 11.4 Å². The van der Waals surface area contributed by atoms with Gasteiger partial charge in [-0.05, 0) is 39.1 Å². The van der Waals surface area contributed by atoms with Gasteiger partial charge in [-0.15, -0.1) is 11.3 Å². The Hall–Kier alpha value is -1.67. The van der Waals surface area contributed by atoms with Crippen LogP contribution in [0.25, 0.3) is 0 Å². The van der Waals surface area contributed by atoms with Crippen LogP contribution in [-0.4, -0.2) is 54.5 Å². The van der Waals surface area contributed by atoms with Gasteiger partial charge in [-0.2, -0.15) is 0 Å². The lowest BCUT2D eigenvalue weighted by Gasteiger charge is -2.36. The smallest absolute Gasteiger partial charge is 0.303 e. The maximum atomic E-state index is 11.8. The zero-order valence-electron chi connectivity index (χ0n) is 13.8. The van der Waals surface area contributed by atoms with Crippen molar-refractivity contribution in [1.82, 2.24) is 10.2 Å². The van der Waals surface area contributed by atoms with E-state index in [0.29, 0.717) is 12.6 Å². The molecule has 128 valence electrons. The molecule has 0 radical (unpaired) electrons. The summed E-state index contributed by atoms with van der Waals surface area (Å²) >= 11 is 1.42. The lowest BCUT2D eigenvalue weighted by molar-refractivity contribution is -0.383. The molecule has 0 spiro atoms. The summed E-state index contributed by atoms with van der Waals surface area (Å²) in [5.41, 5.74) is 0.193. The summed E-state index contributed by atoms with van der Waals surface area (Å²) in [5.74, 6) is 0.0406. The molecule has 0 saturated carbocycles. The number of carbonyl (C=O) groups is 1. The predicted octanol–water partition coefficient (Wildman–Crippen LogP) is 2.08. The fraction of sp³-hybridized carbons (Fsp3) is 0.667. The van der Waals surface area contributed by atoms with Crippen molar-refractivity contribution >= 4 is 27.9 Å². The highest BCUT2D eigenvalue weighted by atomic mass is 32.1. The Labute approximate surface area is 140 Å². The van der Waals surface area contributed by atoms with Crippen LogP contribution >= 0.6 is 11.3 Å². The van der Waals surface area contributed by atoms with E-state index in [-0.39, 0.29) is 22.6 Å². The quantitative estimate of drug-likeness (QED) is 0.633. The number of amides is 1. The number of anilines is 1. The molecule has 1 amide bonds. The molecule has 23 heavy (non-hydrogen) atoms. The van der Waals surface area contributed by atoms with Gasteiger partial charge in [0.05, 0.1) is 11.5 Å². The standard InChI is InChI=1S/C15H24N4O3S/c1-11(2)16-14(20)10-17(3)12-4-7-18(8-5-12)15-13(19(21)22)6-9-23-15/h6,9,11-12H,4-5,7-8,10H2,1-3H3,(H,16,20). The zero-order chi connectivity index (χ0) is 17.0. The number of piperidine rings is 1. The van der Waals surface area contributed by atoms with E-state index >= 15 is 0 Å². The molecule has 0 unspecified atom stereocenters. The highest BCUT2D eigenvalue weighted by Crippen LogP contribution is 2.36. The van der Waals surface area contributed by atoms with Gasteiger partial charge in [0.1, 0.15) is 0 Å². The average Bonchev–Trinajstić information content (AvgIpc) is 2.96. The molecule has 1 aliphatic rings. The first kappa shape index (κ1) is 17.7. The Balaban J connectivity index is 1.87. The Kier molecular flexibility index (Phi) is 5.95. The largest absolute Gasteiger partial charge is 0.358 e. The molecule has 1 saturated heterocycles. The van der Waals surface area contributed by atoms with Gasteiger partial charge in [0, 0.05) is 31.2 Å². The van der Waals surface area contributed by atoms with E-state index in [2.05, 4.69) is 15.1 Å². The van der Waals surface area contributed by atoms with E-state index in [4.69, 9.17) is 0 Å². The van der Waals surface area contributed by atoms with Crippen molar-refractivity contribution < 1.29 is 9.72 Å². The molecule has 0 aromatic carbocycles. The van der Waals surface area contributed by atoms with Crippen molar-refractivity contribution in [2.75, 3.05) is 31.6 Å². The van der Waals surface area contributed by atoms with E-state index < -0.39 is 0 Å². The summed E-state index contributed by atoms with van der Waals surface area (Å²) in [4.78, 5) is 26.7. The van der Waals surface area contributed by atoms with Gasteiger partial charge in [-0.1, -0.05) is 0 Å². The van der Waals surface area contributed by atoms with Crippen LogP contribution in [0.3, 0.4) is 0 Å². The van der Waals surface area contributed by atoms with Gasteiger partial charge in [0.25, 0.3) is 0 Å². The van der Waals surface area contributed by atoms with Crippen molar-refractivity contribution in [1.29, 1.82) is 0 Å². The van der Waals surface area contributed by atoms with Crippen molar-refractivity contribution in [2.45, 2.75) is 38.8 Å². The first-order valence-corrected chi connectivity index (χ1v) is 8.73. The third-order valence-electron chi connectivity index (χ3n) is 4.04. The molecule has 2 heterocycles. The fourth-order valence-electron chi connectivity index (χ4n) is 2.90. The number of nitro groups is 1. The van der Waals surface area contributed by atoms with Crippen LogP contribution in [0.2, 0.25) is 0 Å². The van der Waals surface area contributed by atoms with Crippen LogP contribution in [0.4, 0.5) is 10.7 Å². The molecule has 1 aromatic heterocycles. The van der Waals surface area contributed by atoms with Crippen LogP contribution in [0.5, 0.6) is 0 Å². The van der Waals surface area contributed by atoms with Crippen LogP contribution in [0.1, 0.15) is 26.7 Å². The highest BCUT2D eigenvalue weighted by molar-refractivity contribution is 7.14. The molecule has 1 aliphatic heterocycles. The van der Waals surface area contributed by atoms with Gasteiger partial charge in [0.15, 0.2) is 5.00 Å². The molecular formula is C15H24N4O3S. The number of thiophene rings is 1. The van der Waals surface area contributed by atoms with Crippen LogP contribution in [-0.2, 0) is 4.79 Å². The molecular weight excluding hydrogens is 316 g/mol. The van der Waals surface area contributed by atoms with E-state index in [1.165, 1.54) is 11.3 Å². The Bertz CT molecular complexity index is 553. The van der Waals surface area contributed by atoms with Crippen LogP contribution in [0.15, 0.2) is 11.4 Å². The Morgan fingerprint density at radius 2 is 2.17 bits per heavy atom. The molecule has 1 fully saturated rings. The molecule has 0 bridgehead atoms. The number of rotatable bonds is 6. The summed E-state index contributed by atoms with van der Waals surface area (Å²) in [5, 5.41) is 16.4. The number of carbonyl (C=O) groups excluding carboxylic acids is 1. The fourth-order valence-corrected chi connectivity index (χ4v) is 3.82. The third-order valence-corrected chi connectivity index (χ3v) is 5.00. The molecule has 0 atom stereocenters. The van der Waals surface area contributed by atoms with Crippen molar-refractivity contribution in [2.24, 2.45) is 0 Å². The monoisotopic (exact) mass is 340 g/mol. The van der Waals surface area contributed by atoms with Gasteiger partial charge >= 0.3 is 5.69 Å². The first-order valence-electron chi connectivity index (χ1n) is 7.85. The number of likely N-dealkylation sites (N-methyl/N-ethyl adjacent to an activating group) is 1. The molecule has 8 heteroatoms. The van der Waals surface area contributed by atoms with Crippen molar-refractivity contribution in [3.63, 3.8) is 0 Å². The summed E-state index contributed by atoms with van der Waals surface area (Å²) in [6.45, 7) is 5.85. The topological polar surface area (TPSA) is 78.7 Å². The maximum Gasteiger partial charge on any atom is 0.303 e. The molecule has 1 aromatic rings. The average molecular weight is 340 g/mol. The van der Waals surface area contributed by atoms with Gasteiger partial charge < -0.3 is 10.2 Å². The minimum Gasteiger partial charge on any atom is -0.358 e. The summed E-state index contributed by atoms with van der Waals surface area (Å²) in [6, 6.07) is 2.05. The SMILES string of the molecule is CC(C)NC(=O)CN(C)C1CCN(c2sccc2[N+](=O)[O-])CC1. The Morgan fingerprint density at radius 1 is 1.52 bits per heavy atom. The number of nitrogens with one attached hydrogen (secondary N) is 1. The van der Waals surface area contributed by atoms with Gasteiger partial charge in [0.2, 0.25) is 5.91 Å². The summed E-state index contributed by atoms with van der Waals surface area (Å²) < 4.78 is 0. The minimum atomic E-state index is -0.319. The second-order valence-corrected chi connectivity index (χ2v) is 7.12. The Morgan fingerprint density at radius 3 is 2.74 bits per heavy atom. The normalized spacial score (nSPS) is 16.1. The second kappa shape index (κ2) is 7.74. The minimum absolute atomic E-state index is 0.0406. The summed E-state index contributed by atoms with van der Waals surface area (Å²) in [7, 11) is 1.97.